The van der Waals surface area contributed by atoms with Crippen molar-refractivity contribution in [1.82, 2.24) is 5.32 Å². The number of hydrogen-bond acceptors (Lipinski definition) is 4. The summed E-state index contributed by atoms with van der Waals surface area (Å²) in [5.41, 5.74) is 0.0378. The van der Waals surface area contributed by atoms with Crippen LogP contribution >= 0.6 is 0 Å². The summed E-state index contributed by atoms with van der Waals surface area (Å²) in [6, 6.07) is 5.15. The van der Waals surface area contributed by atoms with Crippen molar-refractivity contribution >= 4 is 5.91 Å². The SMILES string of the molecule is CC1CCCC(CO)(NC(=O)c2ccc3c(c2)OCO3)C1. The van der Waals surface area contributed by atoms with E-state index < -0.39 is 5.54 Å². The molecule has 1 fully saturated rings. The van der Waals surface area contributed by atoms with Gasteiger partial charge in [-0.1, -0.05) is 19.8 Å². The topological polar surface area (TPSA) is 67.8 Å². The van der Waals surface area contributed by atoms with Gasteiger partial charge in [-0.25, -0.2) is 0 Å². The fourth-order valence-corrected chi connectivity index (χ4v) is 3.31. The van der Waals surface area contributed by atoms with Gasteiger partial charge in [0.2, 0.25) is 6.79 Å². The Bertz CT molecular complexity index is 545. The van der Waals surface area contributed by atoms with E-state index >= 15 is 0 Å². The molecule has 1 aromatic carbocycles. The molecular formula is C16H21NO4. The maximum Gasteiger partial charge on any atom is 0.251 e. The van der Waals surface area contributed by atoms with Gasteiger partial charge >= 0.3 is 0 Å². The number of benzene rings is 1. The van der Waals surface area contributed by atoms with Crippen molar-refractivity contribution in [2.24, 2.45) is 5.92 Å². The number of ether oxygens (including phenoxy) is 2. The summed E-state index contributed by atoms with van der Waals surface area (Å²) in [6.45, 7) is 2.34. The highest BCUT2D eigenvalue weighted by Crippen LogP contribution is 2.34. The summed E-state index contributed by atoms with van der Waals surface area (Å²) in [6.07, 6.45) is 3.83. The molecule has 3 rings (SSSR count). The highest BCUT2D eigenvalue weighted by atomic mass is 16.7. The van der Waals surface area contributed by atoms with Gasteiger partial charge in [0, 0.05) is 5.56 Å². The first-order valence-corrected chi connectivity index (χ1v) is 7.45. The molecule has 0 spiro atoms. The zero-order chi connectivity index (χ0) is 14.9. The minimum Gasteiger partial charge on any atom is -0.454 e. The van der Waals surface area contributed by atoms with E-state index in [2.05, 4.69) is 12.2 Å². The highest BCUT2D eigenvalue weighted by molar-refractivity contribution is 5.95. The van der Waals surface area contributed by atoms with Gasteiger partial charge in [-0.05, 0) is 37.0 Å². The second-order valence-corrected chi connectivity index (χ2v) is 6.16. The van der Waals surface area contributed by atoms with Gasteiger partial charge < -0.3 is 19.9 Å². The van der Waals surface area contributed by atoms with Gasteiger partial charge in [0.15, 0.2) is 11.5 Å². The third-order valence-electron chi connectivity index (χ3n) is 4.41. The van der Waals surface area contributed by atoms with E-state index in [1.54, 1.807) is 18.2 Å². The fourth-order valence-electron chi connectivity index (χ4n) is 3.31. The van der Waals surface area contributed by atoms with Gasteiger partial charge in [0.25, 0.3) is 5.91 Å². The van der Waals surface area contributed by atoms with E-state index in [1.807, 2.05) is 0 Å². The lowest BCUT2D eigenvalue weighted by molar-refractivity contribution is 0.0697. The lowest BCUT2D eigenvalue weighted by Gasteiger charge is -2.39. The maximum atomic E-state index is 12.5. The largest absolute Gasteiger partial charge is 0.454 e. The molecule has 0 radical (unpaired) electrons. The summed E-state index contributed by atoms with van der Waals surface area (Å²) < 4.78 is 10.5. The molecule has 0 bridgehead atoms. The van der Waals surface area contributed by atoms with E-state index in [9.17, 15) is 9.90 Å². The van der Waals surface area contributed by atoms with Crippen LogP contribution < -0.4 is 14.8 Å². The summed E-state index contributed by atoms with van der Waals surface area (Å²) >= 11 is 0. The fraction of sp³-hybridized carbons (Fsp3) is 0.562. The molecule has 2 aliphatic rings. The summed E-state index contributed by atoms with van der Waals surface area (Å²) in [7, 11) is 0. The van der Waals surface area contributed by atoms with Crippen molar-refractivity contribution in [2.75, 3.05) is 13.4 Å². The molecule has 2 N–H and O–H groups in total. The average molecular weight is 291 g/mol. The molecule has 2 atom stereocenters. The highest BCUT2D eigenvalue weighted by Gasteiger charge is 2.36. The minimum atomic E-state index is -0.495. The molecule has 1 heterocycles. The van der Waals surface area contributed by atoms with Crippen LogP contribution in [0.15, 0.2) is 18.2 Å². The Balaban J connectivity index is 1.75. The molecular weight excluding hydrogens is 270 g/mol. The normalized spacial score (nSPS) is 27.4. The Kier molecular flexibility index (Phi) is 3.76. The van der Waals surface area contributed by atoms with Crippen LogP contribution in [0.25, 0.3) is 0 Å². The van der Waals surface area contributed by atoms with Crippen molar-refractivity contribution < 1.29 is 19.4 Å². The number of amides is 1. The van der Waals surface area contributed by atoms with Gasteiger partial charge in [0.1, 0.15) is 0 Å². The van der Waals surface area contributed by atoms with Crippen LogP contribution in [-0.4, -0.2) is 30.0 Å². The Labute approximate surface area is 124 Å². The first kappa shape index (κ1) is 14.2. The molecule has 1 aliphatic carbocycles. The molecule has 5 nitrogen and oxygen atoms in total. The van der Waals surface area contributed by atoms with E-state index in [4.69, 9.17) is 9.47 Å². The molecule has 0 aromatic heterocycles. The minimum absolute atomic E-state index is 0.0202. The smallest absolute Gasteiger partial charge is 0.251 e. The van der Waals surface area contributed by atoms with Crippen LogP contribution in [0.2, 0.25) is 0 Å². The molecule has 1 aliphatic heterocycles. The number of nitrogens with one attached hydrogen (secondary N) is 1. The monoisotopic (exact) mass is 291 g/mol. The number of rotatable bonds is 3. The third kappa shape index (κ3) is 2.83. The van der Waals surface area contributed by atoms with Gasteiger partial charge in [-0.15, -0.1) is 0 Å². The van der Waals surface area contributed by atoms with Crippen molar-refractivity contribution in [3.63, 3.8) is 0 Å². The Morgan fingerprint density at radius 2 is 2.24 bits per heavy atom. The number of aliphatic hydroxyl groups is 1. The van der Waals surface area contributed by atoms with Crippen LogP contribution in [0.1, 0.15) is 43.0 Å². The van der Waals surface area contributed by atoms with Crippen molar-refractivity contribution in [1.29, 1.82) is 0 Å². The molecule has 2 unspecified atom stereocenters. The quantitative estimate of drug-likeness (QED) is 0.895. The number of carbonyl (C=O) groups is 1. The van der Waals surface area contributed by atoms with Gasteiger partial charge in [0.05, 0.1) is 12.1 Å². The van der Waals surface area contributed by atoms with E-state index in [0.717, 1.165) is 25.7 Å². The first-order chi connectivity index (χ1) is 10.1. The Morgan fingerprint density at radius 1 is 1.43 bits per heavy atom. The second-order valence-electron chi connectivity index (χ2n) is 6.16. The van der Waals surface area contributed by atoms with Gasteiger partial charge in [-0.2, -0.15) is 0 Å². The van der Waals surface area contributed by atoms with Crippen molar-refractivity contribution in [3.05, 3.63) is 23.8 Å². The number of hydrogen-bond donors (Lipinski definition) is 2. The molecule has 0 saturated heterocycles. The van der Waals surface area contributed by atoms with E-state index in [-0.39, 0.29) is 19.3 Å². The predicted molar refractivity (Wildman–Crippen MR) is 77.5 cm³/mol. The molecule has 21 heavy (non-hydrogen) atoms. The van der Waals surface area contributed by atoms with Crippen molar-refractivity contribution in [2.45, 2.75) is 38.1 Å². The second kappa shape index (κ2) is 5.56. The number of carbonyl (C=O) groups excluding carboxylic acids is 1. The van der Waals surface area contributed by atoms with Crippen LogP contribution in [0, 0.1) is 5.92 Å². The molecule has 114 valence electrons. The van der Waals surface area contributed by atoms with E-state index in [1.165, 1.54) is 0 Å². The maximum absolute atomic E-state index is 12.5. The van der Waals surface area contributed by atoms with Crippen LogP contribution in [0.3, 0.4) is 0 Å². The van der Waals surface area contributed by atoms with Crippen LogP contribution in [0.4, 0.5) is 0 Å². The van der Waals surface area contributed by atoms with Crippen molar-refractivity contribution in [3.8, 4) is 11.5 Å². The molecule has 5 heteroatoms. The molecule has 1 amide bonds. The standard InChI is InChI=1S/C16H21NO4/c1-11-3-2-6-16(8-11,9-18)17-15(19)12-4-5-13-14(7-12)21-10-20-13/h4-5,7,11,18H,2-3,6,8-10H2,1H3,(H,17,19). The summed E-state index contributed by atoms with van der Waals surface area (Å²) in [5.74, 6) is 1.60. The summed E-state index contributed by atoms with van der Waals surface area (Å²) in [5, 5.41) is 12.8. The van der Waals surface area contributed by atoms with Crippen LogP contribution in [-0.2, 0) is 0 Å². The lowest BCUT2D eigenvalue weighted by Crippen LogP contribution is -2.53. The number of aliphatic hydroxyl groups excluding tert-OH is 1. The average Bonchev–Trinajstić information content (AvgIpc) is 2.94. The zero-order valence-corrected chi connectivity index (χ0v) is 12.2. The molecule has 1 saturated carbocycles. The summed E-state index contributed by atoms with van der Waals surface area (Å²) in [4.78, 5) is 12.5. The zero-order valence-electron chi connectivity index (χ0n) is 12.2. The third-order valence-corrected chi connectivity index (χ3v) is 4.41. The Morgan fingerprint density at radius 3 is 3.00 bits per heavy atom. The first-order valence-electron chi connectivity index (χ1n) is 7.45. The van der Waals surface area contributed by atoms with E-state index in [0.29, 0.717) is 23.0 Å². The Hall–Kier alpha value is -1.75. The lowest BCUT2D eigenvalue weighted by atomic mass is 9.76. The number of fused-ring (bicyclic) bond motifs is 1. The molecule has 1 aromatic rings. The van der Waals surface area contributed by atoms with Gasteiger partial charge in [-0.3, -0.25) is 4.79 Å². The predicted octanol–water partition coefficient (Wildman–Crippen LogP) is 2.09. The van der Waals surface area contributed by atoms with Crippen LogP contribution in [0.5, 0.6) is 11.5 Å².